The number of rotatable bonds is 3. The molecule has 0 bridgehead atoms. The van der Waals surface area contributed by atoms with Crippen LogP contribution in [0.4, 0.5) is 5.69 Å². The van der Waals surface area contributed by atoms with E-state index in [0.717, 1.165) is 38.5 Å². The van der Waals surface area contributed by atoms with Crippen molar-refractivity contribution in [1.82, 2.24) is 4.90 Å². The predicted octanol–water partition coefficient (Wildman–Crippen LogP) is 1.65. The maximum absolute atomic E-state index is 5.24. The Morgan fingerprint density at radius 3 is 2.62 bits per heavy atom. The fraction of sp³-hybridized carbons (Fsp3) is 0.462. The number of benzene rings is 1. The van der Waals surface area contributed by atoms with Gasteiger partial charge in [-0.05, 0) is 25.6 Å². The maximum atomic E-state index is 5.24. The largest absolute Gasteiger partial charge is 0.497 e. The van der Waals surface area contributed by atoms with Crippen molar-refractivity contribution in [1.29, 1.82) is 0 Å². The fourth-order valence-electron chi connectivity index (χ4n) is 2.04. The van der Waals surface area contributed by atoms with E-state index in [0.29, 0.717) is 0 Å². The van der Waals surface area contributed by atoms with Gasteiger partial charge in [0.15, 0.2) is 0 Å². The highest BCUT2D eigenvalue weighted by Gasteiger charge is 2.15. The highest BCUT2D eigenvalue weighted by atomic mass is 16.5. The minimum absolute atomic E-state index is 0.909. The van der Waals surface area contributed by atoms with Gasteiger partial charge >= 0.3 is 0 Å². The van der Waals surface area contributed by atoms with Crippen molar-refractivity contribution < 1.29 is 4.74 Å². The molecular weight excluding hydrogens is 200 g/mol. The third-order valence-corrected chi connectivity index (χ3v) is 3.11. The molecule has 3 heteroatoms. The molecule has 1 fully saturated rings. The van der Waals surface area contributed by atoms with Crippen LogP contribution in [0.1, 0.15) is 0 Å². The Balaban J connectivity index is 2.02. The number of anilines is 1. The normalized spacial score (nSPS) is 17.5. The van der Waals surface area contributed by atoms with Crippen molar-refractivity contribution in [2.45, 2.75) is 0 Å². The summed E-state index contributed by atoms with van der Waals surface area (Å²) in [4.78, 5) is 4.77. The summed E-state index contributed by atoms with van der Waals surface area (Å²) in [6, 6.07) is 8.26. The lowest BCUT2D eigenvalue weighted by Gasteiger charge is -2.35. The molecule has 3 nitrogen and oxygen atoms in total. The van der Waals surface area contributed by atoms with Gasteiger partial charge in [-0.15, -0.1) is 0 Å². The van der Waals surface area contributed by atoms with Crippen LogP contribution in [-0.4, -0.2) is 44.7 Å². The summed E-state index contributed by atoms with van der Waals surface area (Å²) < 4.78 is 5.24. The Hall–Kier alpha value is -1.22. The Kier molecular flexibility index (Phi) is 3.67. The topological polar surface area (TPSA) is 15.7 Å². The molecule has 1 radical (unpaired) electrons. The van der Waals surface area contributed by atoms with E-state index in [1.807, 2.05) is 12.1 Å². The number of hydrogen-bond donors (Lipinski definition) is 0. The molecule has 1 aliphatic rings. The summed E-state index contributed by atoms with van der Waals surface area (Å²) in [6.07, 6.45) is 0. The molecule has 0 atom stereocenters. The zero-order valence-electron chi connectivity index (χ0n) is 9.85. The second kappa shape index (κ2) is 5.21. The van der Waals surface area contributed by atoms with E-state index in [2.05, 4.69) is 28.9 Å². The van der Waals surface area contributed by atoms with Crippen LogP contribution in [0.25, 0.3) is 0 Å². The first-order valence-electron chi connectivity index (χ1n) is 5.74. The molecule has 2 rings (SSSR count). The van der Waals surface area contributed by atoms with Gasteiger partial charge in [0.1, 0.15) is 5.75 Å². The smallest absolute Gasteiger partial charge is 0.120 e. The molecule has 0 unspecified atom stereocenters. The van der Waals surface area contributed by atoms with E-state index in [1.54, 1.807) is 7.11 Å². The number of methoxy groups -OCH3 is 1. The van der Waals surface area contributed by atoms with E-state index in [-0.39, 0.29) is 0 Å². The standard InChI is InChI=1S/C13H19N2O/c1-3-14-7-9-15(10-8-14)12-5-4-6-13(11-12)16-2/h4-6,11H,1,3,7-10H2,2H3. The van der Waals surface area contributed by atoms with Gasteiger partial charge in [-0.2, -0.15) is 0 Å². The van der Waals surface area contributed by atoms with Crippen molar-refractivity contribution in [2.75, 3.05) is 44.7 Å². The van der Waals surface area contributed by atoms with Gasteiger partial charge in [0, 0.05) is 37.9 Å². The Morgan fingerprint density at radius 2 is 2.00 bits per heavy atom. The Bertz CT molecular complexity index is 332. The fourth-order valence-corrected chi connectivity index (χ4v) is 2.04. The van der Waals surface area contributed by atoms with E-state index in [4.69, 9.17) is 4.74 Å². The van der Waals surface area contributed by atoms with Crippen LogP contribution in [0.3, 0.4) is 0 Å². The van der Waals surface area contributed by atoms with Gasteiger partial charge in [-0.3, -0.25) is 4.90 Å². The van der Waals surface area contributed by atoms with Crippen LogP contribution in [0.2, 0.25) is 0 Å². The highest BCUT2D eigenvalue weighted by Crippen LogP contribution is 2.21. The highest BCUT2D eigenvalue weighted by molar-refractivity contribution is 5.51. The molecule has 1 aromatic carbocycles. The molecule has 0 amide bonds. The molecule has 16 heavy (non-hydrogen) atoms. The minimum Gasteiger partial charge on any atom is -0.497 e. The van der Waals surface area contributed by atoms with Crippen LogP contribution in [0.5, 0.6) is 5.75 Å². The van der Waals surface area contributed by atoms with Crippen molar-refractivity contribution in [2.24, 2.45) is 0 Å². The number of nitrogens with zero attached hydrogens (tertiary/aromatic N) is 2. The van der Waals surface area contributed by atoms with Crippen LogP contribution >= 0.6 is 0 Å². The zero-order chi connectivity index (χ0) is 11.4. The average molecular weight is 219 g/mol. The third-order valence-electron chi connectivity index (χ3n) is 3.11. The number of ether oxygens (including phenoxy) is 1. The SMILES string of the molecule is [CH2]CN1CCN(c2cccc(OC)c2)CC1. The summed E-state index contributed by atoms with van der Waals surface area (Å²) >= 11 is 0. The van der Waals surface area contributed by atoms with Crippen molar-refractivity contribution in [3.63, 3.8) is 0 Å². The van der Waals surface area contributed by atoms with Gasteiger partial charge in [0.05, 0.1) is 7.11 Å². The first-order valence-corrected chi connectivity index (χ1v) is 5.74. The van der Waals surface area contributed by atoms with E-state index in [1.165, 1.54) is 5.69 Å². The molecule has 0 N–H and O–H groups in total. The lowest BCUT2D eigenvalue weighted by Crippen LogP contribution is -2.46. The summed E-state index contributed by atoms with van der Waals surface area (Å²) in [5, 5.41) is 0. The van der Waals surface area contributed by atoms with Gasteiger partial charge in [0.2, 0.25) is 0 Å². The lowest BCUT2D eigenvalue weighted by atomic mass is 10.2. The van der Waals surface area contributed by atoms with Crippen LogP contribution in [0, 0.1) is 6.92 Å². The lowest BCUT2D eigenvalue weighted by molar-refractivity contribution is 0.283. The van der Waals surface area contributed by atoms with Gasteiger partial charge in [-0.25, -0.2) is 0 Å². The van der Waals surface area contributed by atoms with Gasteiger partial charge < -0.3 is 9.64 Å². The quantitative estimate of drug-likeness (QED) is 0.769. The summed E-state index contributed by atoms with van der Waals surface area (Å²) in [5.41, 5.74) is 1.25. The predicted molar refractivity (Wildman–Crippen MR) is 67.0 cm³/mol. The molecular formula is C13H19N2O. The van der Waals surface area contributed by atoms with E-state index >= 15 is 0 Å². The second-order valence-corrected chi connectivity index (χ2v) is 4.03. The molecule has 0 saturated carbocycles. The van der Waals surface area contributed by atoms with Crippen LogP contribution in [-0.2, 0) is 0 Å². The average Bonchev–Trinajstić information content (AvgIpc) is 2.39. The monoisotopic (exact) mass is 219 g/mol. The summed E-state index contributed by atoms with van der Waals surface area (Å²) in [6.45, 7) is 9.17. The van der Waals surface area contributed by atoms with E-state index < -0.39 is 0 Å². The molecule has 0 spiro atoms. The molecule has 1 aromatic rings. The molecule has 0 aromatic heterocycles. The van der Waals surface area contributed by atoms with Gasteiger partial charge in [0.25, 0.3) is 0 Å². The molecule has 1 aliphatic heterocycles. The number of piperazine rings is 1. The Labute approximate surface area is 97.6 Å². The first kappa shape index (κ1) is 11.3. The molecule has 1 heterocycles. The summed E-state index contributed by atoms with van der Waals surface area (Å²) in [5.74, 6) is 0.928. The number of hydrogen-bond acceptors (Lipinski definition) is 3. The zero-order valence-corrected chi connectivity index (χ0v) is 9.85. The molecule has 0 aliphatic carbocycles. The summed E-state index contributed by atoms with van der Waals surface area (Å²) in [7, 11) is 1.71. The molecule has 87 valence electrons. The van der Waals surface area contributed by atoms with Gasteiger partial charge in [-0.1, -0.05) is 6.07 Å². The third kappa shape index (κ3) is 2.47. The van der Waals surface area contributed by atoms with E-state index in [9.17, 15) is 0 Å². The molecule has 1 saturated heterocycles. The van der Waals surface area contributed by atoms with Crippen LogP contribution < -0.4 is 9.64 Å². The van der Waals surface area contributed by atoms with Crippen LogP contribution in [0.15, 0.2) is 24.3 Å². The van der Waals surface area contributed by atoms with Crippen molar-refractivity contribution in [3.8, 4) is 5.75 Å². The Morgan fingerprint density at radius 1 is 1.25 bits per heavy atom. The second-order valence-electron chi connectivity index (χ2n) is 4.03. The first-order chi connectivity index (χ1) is 7.83. The van der Waals surface area contributed by atoms with Crippen molar-refractivity contribution in [3.05, 3.63) is 31.2 Å². The minimum atomic E-state index is 0.909. The van der Waals surface area contributed by atoms with Crippen molar-refractivity contribution >= 4 is 5.69 Å². The maximum Gasteiger partial charge on any atom is 0.120 e.